The normalized spacial score (nSPS) is 17.2. The number of nitrogens with zero attached hydrogens (tertiary/aromatic N) is 4. The summed E-state index contributed by atoms with van der Waals surface area (Å²) in [5.74, 6) is -0.323. The van der Waals surface area contributed by atoms with Gasteiger partial charge in [-0.2, -0.15) is 4.80 Å². The van der Waals surface area contributed by atoms with Crippen LogP contribution in [0, 0.1) is 0 Å². The summed E-state index contributed by atoms with van der Waals surface area (Å²) in [4.78, 5) is 11.9. The second-order valence-electron chi connectivity index (χ2n) is 5.19. The Morgan fingerprint density at radius 3 is 2.60 bits per heavy atom. The molecular weight excluding hydrogens is 256 g/mol. The highest BCUT2D eigenvalue weighted by Crippen LogP contribution is 2.44. The highest BCUT2D eigenvalue weighted by molar-refractivity contribution is 5.66. The largest absolute Gasteiger partial charge is 0.480 e. The Labute approximate surface area is 116 Å². The van der Waals surface area contributed by atoms with Gasteiger partial charge >= 0.3 is 5.97 Å². The zero-order valence-electron chi connectivity index (χ0n) is 11.1. The molecule has 3 rings (SSSR count). The maximum Gasteiger partial charge on any atom is 0.327 e. The lowest BCUT2D eigenvalue weighted by atomic mass is 9.78. The van der Waals surface area contributed by atoms with E-state index in [-0.39, 0.29) is 12.0 Å². The third-order valence-corrected chi connectivity index (χ3v) is 3.94. The molecule has 0 spiro atoms. The summed E-state index contributed by atoms with van der Waals surface area (Å²) in [7, 11) is 0. The fraction of sp³-hybridized carbons (Fsp3) is 0.429. The predicted molar refractivity (Wildman–Crippen MR) is 71.1 cm³/mol. The molecule has 1 heterocycles. The zero-order chi connectivity index (χ0) is 14.0. The van der Waals surface area contributed by atoms with Crippen LogP contribution >= 0.6 is 0 Å². The molecule has 6 heteroatoms. The molecule has 1 aromatic heterocycles. The van der Waals surface area contributed by atoms with Crippen molar-refractivity contribution in [1.29, 1.82) is 0 Å². The lowest BCUT2D eigenvalue weighted by molar-refractivity contribution is -0.138. The van der Waals surface area contributed by atoms with Crippen LogP contribution in [-0.4, -0.2) is 31.3 Å². The van der Waals surface area contributed by atoms with Crippen molar-refractivity contribution in [3.63, 3.8) is 0 Å². The van der Waals surface area contributed by atoms with Crippen molar-refractivity contribution in [2.45, 2.75) is 37.6 Å². The molecule has 0 saturated heterocycles. The van der Waals surface area contributed by atoms with E-state index in [1.54, 1.807) is 0 Å². The van der Waals surface area contributed by atoms with Gasteiger partial charge in [0.15, 0.2) is 12.4 Å². The van der Waals surface area contributed by atoms with Crippen molar-refractivity contribution >= 4 is 5.97 Å². The third kappa shape index (κ3) is 2.17. The minimum Gasteiger partial charge on any atom is -0.480 e. The van der Waals surface area contributed by atoms with Gasteiger partial charge in [-0.3, -0.25) is 4.79 Å². The minimum atomic E-state index is -0.964. The van der Waals surface area contributed by atoms with E-state index in [2.05, 4.69) is 27.5 Å². The Bertz CT molecular complexity index is 603. The first-order chi connectivity index (χ1) is 9.71. The zero-order valence-corrected chi connectivity index (χ0v) is 11.1. The summed E-state index contributed by atoms with van der Waals surface area (Å²) in [5, 5.41) is 21.1. The smallest absolute Gasteiger partial charge is 0.327 e. The summed E-state index contributed by atoms with van der Waals surface area (Å²) in [6.07, 6.45) is 4.22. The maximum atomic E-state index is 10.7. The van der Waals surface area contributed by atoms with Crippen LogP contribution in [-0.2, 0) is 16.8 Å². The van der Waals surface area contributed by atoms with Crippen LogP contribution in [0.1, 0.15) is 37.1 Å². The Hall–Kier alpha value is -2.24. The van der Waals surface area contributed by atoms with Crippen LogP contribution in [0.4, 0.5) is 0 Å². The Morgan fingerprint density at radius 1 is 1.25 bits per heavy atom. The Morgan fingerprint density at radius 2 is 1.95 bits per heavy atom. The molecule has 104 valence electrons. The number of hydrogen-bond acceptors (Lipinski definition) is 4. The number of benzene rings is 1. The average Bonchev–Trinajstić information content (AvgIpc) is 3.08. The van der Waals surface area contributed by atoms with E-state index in [1.165, 1.54) is 5.56 Å². The number of rotatable bonds is 4. The molecule has 1 aromatic carbocycles. The third-order valence-electron chi connectivity index (χ3n) is 3.94. The van der Waals surface area contributed by atoms with Crippen LogP contribution < -0.4 is 0 Å². The number of carboxylic acid groups (broad SMARTS) is 1. The fourth-order valence-electron chi connectivity index (χ4n) is 3.00. The Kier molecular flexibility index (Phi) is 3.22. The fourth-order valence-corrected chi connectivity index (χ4v) is 3.00. The molecule has 0 aliphatic heterocycles. The molecule has 0 bridgehead atoms. The van der Waals surface area contributed by atoms with Crippen molar-refractivity contribution in [3.8, 4) is 0 Å². The lowest BCUT2D eigenvalue weighted by Gasteiger charge is -2.25. The summed E-state index contributed by atoms with van der Waals surface area (Å²) in [6.45, 7) is -0.252. The molecule has 20 heavy (non-hydrogen) atoms. The Balaban J connectivity index is 1.99. The first kappa shape index (κ1) is 12.8. The van der Waals surface area contributed by atoms with Gasteiger partial charge in [-0.05, 0) is 23.6 Å². The first-order valence-electron chi connectivity index (χ1n) is 6.76. The standard InChI is InChI=1S/C14H16N4O2/c19-12(20)10-18-16-13(15-17-18)14(8-4-5-9-14)11-6-2-1-3-7-11/h1-3,6-7H,4-5,8-10H2,(H,19,20). The summed E-state index contributed by atoms with van der Waals surface area (Å²) >= 11 is 0. The van der Waals surface area contributed by atoms with Gasteiger partial charge < -0.3 is 5.11 Å². The van der Waals surface area contributed by atoms with E-state index in [9.17, 15) is 4.79 Å². The van der Waals surface area contributed by atoms with Gasteiger partial charge in [-0.15, -0.1) is 10.2 Å². The van der Waals surface area contributed by atoms with E-state index in [4.69, 9.17) is 5.11 Å². The number of aliphatic carboxylic acids is 1. The molecule has 1 N–H and O–H groups in total. The second-order valence-corrected chi connectivity index (χ2v) is 5.19. The van der Waals surface area contributed by atoms with E-state index >= 15 is 0 Å². The topological polar surface area (TPSA) is 80.9 Å². The van der Waals surface area contributed by atoms with E-state index < -0.39 is 5.97 Å². The minimum absolute atomic E-state index is 0.210. The lowest BCUT2D eigenvalue weighted by Crippen LogP contribution is -2.26. The number of hydrogen-bond donors (Lipinski definition) is 1. The first-order valence-corrected chi connectivity index (χ1v) is 6.76. The number of tetrazole rings is 1. The van der Waals surface area contributed by atoms with Crippen LogP contribution in [0.5, 0.6) is 0 Å². The highest BCUT2D eigenvalue weighted by atomic mass is 16.4. The predicted octanol–water partition coefficient (Wildman–Crippen LogP) is 1.62. The van der Waals surface area contributed by atoms with Crippen LogP contribution in [0.25, 0.3) is 0 Å². The number of aromatic nitrogens is 4. The van der Waals surface area contributed by atoms with Gasteiger partial charge in [-0.25, -0.2) is 0 Å². The molecule has 1 fully saturated rings. The van der Waals surface area contributed by atoms with Crippen LogP contribution in [0.15, 0.2) is 30.3 Å². The van der Waals surface area contributed by atoms with Gasteiger partial charge in [0.1, 0.15) is 0 Å². The van der Waals surface area contributed by atoms with Crippen molar-refractivity contribution in [2.75, 3.05) is 0 Å². The quantitative estimate of drug-likeness (QED) is 0.914. The SMILES string of the molecule is O=C(O)Cn1nnc(C2(c3ccccc3)CCCC2)n1. The highest BCUT2D eigenvalue weighted by Gasteiger charge is 2.41. The van der Waals surface area contributed by atoms with E-state index in [1.807, 2.05) is 18.2 Å². The van der Waals surface area contributed by atoms with E-state index in [0.29, 0.717) is 5.82 Å². The maximum absolute atomic E-state index is 10.7. The molecule has 0 radical (unpaired) electrons. The monoisotopic (exact) mass is 272 g/mol. The van der Waals surface area contributed by atoms with Crippen LogP contribution in [0.3, 0.4) is 0 Å². The summed E-state index contributed by atoms with van der Waals surface area (Å²) in [5.41, 5.74) is 0.977. The van der Waals surface area contributed by atoms with Gasteiger partial charge in [0.2, 0.25) is 0 Å². The van der Waals surface area contributed by atoms with E-state index in [0.717, 1.165) is 30.5 Å². The molecular formula is C14H16N4O2. The molecule has 1 saturated carbocycles. The molecule has 1 aliphatic carbocycles. The molecule has 6 nitrogen and oxygen atoms in total. The van der Waals surface area contributed by atoms with Gasteiger partial charge in [0.05, 0.1) is 5.41 Å². The molecule has 0 amide bonds. The summed E-state index contributed by atoms with van der Waals surface area (Å²) in [6, 6.07) is 10.2. The number of carboxylic acids is 1. The average molecular weight is 272 g/mol. The molecule has 2 aromatic rings. The van der Waals surface area contributed by atoms with Gasteiger partial charge in [-0.1, -0.05) is 43.2 Å². The van der Waals surface area contributed by atoms with Crippen molar-refractivity contribution < 1.29 is 9.90 Å². The van der Waals surface area contributed by atoms with Crippen molar-refractivity contribution in [2.24, 2.45) is 0 Å². The molecule has 0 atom stereocenters. The second kappa shape index (κ2) is 5.03. The van der Waals surface area contributed by atoms with Crippen LogP contribution in [0.2, 0.25) is 0 Å². The summed E-state index contributed by atoms with van der Waals surface area (Å²) < 4.78 is 0. The van der Waals surface area contributed by atoms with Crippen molar-refractivity contribution in [1.82, 2.24) is 20.2 Å². The van der Waals surface area contributed by atoms with Crippen molar-refractivity contribution in [3.05, 3.63) is 41.7 Å². The van der Waals surface area contributed by atoms with Gasteiger partial charge in [0, 0.05) is 0 Å². The molecule has 1 aliphatic rings. The molecule has 0 unspecified atom stereocenters. The van der Waals surface area contributed by atoms with Gasteiger partial charge in [0.25, 0.3) is 0 Å². The number of carbonyl (C=O) groups is 1.